The molecule has 14 heavy (non-hydrogen) atoms. The van der Waals surface area contributed by atoms with Crippen LogP contribution in [0.15, 0.2) is 43.6 Å². The molecular weight excluding hydrogens is 177 g/mol. The molecule has 0 saturated carbocycles. The number of aromatic nitrogens is 1. The Balaban J connectivity index is 3.18. The Morgan fingerprint density at radius 2 is 2.21 bits per heavy atom. The van der Waals surface area contributed by atoms with E-state index in [4.69, 9.17) is 0 Å². The van der Waals surface area contributed by atoms with Crippen LogP contribution in [0, 0.1) is 12.7 Å². The molecule has 0 atom stereocenters. The standard InChI is InChI=1S/C12H12FN/c1-4-6-10(5-2)12-7-9(3)11(13)8-14-12/h4-8H,1-2H2,3H3/b10-6+. The van der Waals surface area contributed by atoms with Crippen molar-refractivity contribution in [2.45, 2.75) is 6.92 Å². The molecule has 0 bridgehead atoms. The molecule has 0 amide bonds. The molecule has 0 fully saturated rings. The van der Waals surface area contributed by atoms with Gasteiger partial charge < -0.3 is 0 Å². The quantitative estimate of drug-likeness (QED) is 0.665. The largest absolute Gasteiger partial charge is 0.253 e. The zero-order valence-electron chi connectivity index (χ0n) is 8.13. The SMILES string of the molecule is C=C/C=C(\C=C)c1cc(C)c(F)cn1. The number of halogens is 1. The van der Waals surface area contributed by atoms with Crippen molar-refractivity contribution in [1.82, 2.24) is 4.98 Å². The van der Waals surface area contributed by atoms with E-state index in [1.807, 2.05) is 0 Å². The van der Waals surface area contributed by atoms with Gasteiger partial charge in [0.1, 0.15) is 5.82 Å². The van der Waals surface area contributed by atoms with E-state index in [0.29, 0.717) is 11.3 Å². The highest BCUT2D eigenvalue weighted by molar-refractivity contribution is 5.72. The summed E-state index contributed by atoms with van der Waals surface area (Å²) in [4.78, 5) is 3.97. The smallest absolute Gasteiger partial charge is 0.144 e. The van der Waals surface area contributed by atoms with E-state index in [0.717, 1.165) is 5.57 Å². The van der Waals surface area contributed by atoms with Crippen LogP contribution in [0.25, 0.3) is 5.57 Å². The van der Waals surface area contributed by atoms with Gasteiger partial charge in [0.05, 0.1) is 11.9 Å². The molecule has 1 heterocycles. The first kappa shape index (κ1) is 10.4. The van der Waals surface area contributed by atoms with Gasteiger partial charge in [-0.2, -0.15) is 0 Å². The van der Waals surface area contributed by atoms with Gasteiger partial charge in [0.25, 0.3) is 0 Å². The predicted octanol–water partition coefficient (Wildman–Crippen LogP) is 3.28. The first-order valence-electron chi connectivity index (χ1n) is 4.26. The van der Waals surface area contributed by atoms with Crippen LogP contribution in [0.2, 0.25) is 0 Å². The lowest BCUT2D eigenvalue weighted by atomic mass is 10.1. The number of hydrogen-bond donors (Lipinski definition) is 0. The number of aryl methyl sites for hydroxylation is 1. The fourth-order valence-corrected chi connectivity index (χ4v) is 1.08. The zero-order valence-corrected chi connectivity index (χ0v) is 8.13. The van der Waals surface area contributed by atoms with E-state index in [2.05, 4.69) is 18.1 Å². The van der Waals surface area contributed by atoms with E-state index < -0.39 is 0 Å². The van der Waals surface area contributed by atoms with Crippen LogP contribution < -0.4 is 0 Å². The minimum absolute atomic E-state index is 0.296. The number of pyridine rings is 1. The number of nitrogens with zero attached hydrogens (tertiary/aromatic N) is 1. The minimum Gasteiger partial charge on any atom is -0.253 e. The second kappa shape index (κ2) is 4.51. The topological polar surface area (TPSA) is 12.9 Å². The molecule has 2 heteroatoms. The Morgan fingerprint density at radius 3 is 2.71 bits per heavy atom. The Kier molecular flexibility index (Phi) is 3.35. The second-order valence-electron chi connectivity index (χ2n) is 2.88. The monoisotopic (exact) mass is 189 g/mol. The van der Waals surface area contributed by atoms with E-state index in [-0.39, 0.29) is 5.82 Å². The summed E-state index contributed by atoms with van der Waals surface area (Å²) in [6.07, 6.45) is 6.32. The summed E-state index contributed by atoms with van der Waals surface area (Å²) in [6, 6.07) is 1.69. The lowest BCUT2D eigenvalue weighted by Gasteiger charge is -2.02. The van der Waals surface area contributed by atoms with Gasteiger partial charge in [-0.05, 0) is 24.1 Å². The molecule has 0 saturated heterocycles. The van der Waals surface area contributed by atoms with Gasteiger partial charge in [-0.3, -0.25) is 4.98 Å². The van der Waals surface area contributed by atoms with Gasteiger partial charge in [-0.1, -0.05) is 31.4 Å². The van der Waals surface area contributed by atoms with Crippen molar-refractivity contribution >= 4 is 5.57 Å². The molecule has 72 valence electrons. The van der Waals surface area contributed by atoms with Gasteiger partial charge >= 0.3 is 0 Å². The van der Waals surface area contributed by atoms with Gasteiger partial charge in [-0.15, -0.1) is 0 Å². The first-order valence-corrected chi connectivity index (χ1v) is 4.26. The van der Waals surface area contributed by atoms with E-state index in [1.165, 1.54) is 6.20 Å². The molecule has 0 unspecified atom stereocenters. The first-order chi connectivity index (χ1) is 6.69. The van der Waals surface area contributed by atoms with Crippen molar-refractivity contribution in [3.8, 4) is 0 Å². The van der Waals surface area contributed by atoms with Crippen molar-refractivity contribution in [3.63, 3.8) is 0 Å². The fourth-order valence-electron chi connectivity index (χ4n) is 1.08. The van der Waals surface area contributed by atoms with Crippen molar-refractivity contribution in [3.05, 3.63) is 60.7 Å². The van der Waals surface area contributed by atoms with Crippen molar-refractivity contribution in [1.29, 1.82) is 0 Å². The lowest BCUT2D eigenvalue weighted by Crippen LogP contribution is -1.91. The molecule has 0 aliphatic carbocycles. The highest BCUT2D eigenvalue weighted by atomic mass is 19.1. The number of allylic oxidation sites excluding steroid dienone is 4. The molecule has 0 radical (unpaired) electrons. The zero-order chi connectivity index (χ0) is 10.6. The van der Waals surface area contributed by atoms with E-state index in [1.54, 1.807) is 31.2 Å². The van der Waals surface area contributed by atoms with Gasteiger partial charge in [0.15, 0.2) is 0 Å². The number of rotatable bonds is 3. The van der Waals surface area contributed by atoms with Crippen molar-refractivity contribution < 1.29 is 4.39 Å². The maximum atomic E-state index is 12.9. The van der Waals surface area contributed by atoms with Crippen LogP contribution in [0.1, 0.15) is 11.3 Å². The fraction of sp³-hybridized carbons (Fsp3) is 0.0833. The average molecular weight is 189 g/mol. The molecule has 1 aromatic rings. The highest BCUT2D eigenvalue weighted by Gasteiger charge is 2.02. The summed E-state index contributed by atoms with van der Waals surface area (Å²) < 4.78 is 12.9. The maximum absolute atomic E-state index is 12.9. The summed E-state index contributed by atoms with van der Waals surface area (Å²) >= 11 is 0. The van der Waals surface area contributed by atoms with Crippen LogP contribution >= 0.6 is 0 Å². The molecule has 0 aliphatic rings. The number of hydrogen-bond acceptors (Lipinski definition) is 1. The van der Waals surface area contributed by atoms with Crippen LogP contribution in [0.4, 0.5) is 4.39 Å². The van der Waals surface area contributed by atoms with E-state index in [9.17, 15) is 4.39 Å². The van der Waals surface area contributed by atoms with Crippen LogP contribution in [-0.2, 0) is 0 Å². The molecule has 1 rings (SSSR count). The molecule has 1 aromatic heterocycles. The summed E-state index contributed by atoms with van der Waals surface area (Å²) in [5.74, 6) is -0.296. The van der Waals surface area contributed by atoms with Crippen molar-refractivity contribution in [2.75, 3.05) is 0 Å². The lowest BCUT2D eigenvalue weighted by molar-refractivity contribution is 0.611. The summed E-state index contributed by atoms with van der Waals surface area (Å²) in [6.45, 7) is 8.95. The molecular formula is C12H12FN. The van der Waals surface area contributed by atoms with Gasteiger partial charge in [0.2, 0.25) is 0 Å². The van der Waals surface area contributed by atoms with Crippen LogP contribution in [0.3, 0.4) is 0 Å². The molecule has 0 aromatic carbocycles. The Morgan fingerprint density at radius 1 is 1.50 bits per heavy atom. The van der Waals surface area contributed by atoms with Crippen LogP contribution in [0.5, 0.6) is 0 Å². The molecule has 0 aliphatic heterocycles. The molecule has 1 nitrogen and oxygen atoms in total. The van der Waals surface area contributed by atoms with Gasteiger partial charge in [0, 0.05) is 0 Å². The molecule has 0 N–H and O–H groups in total. The maximum Gasteiger partial charge on any atom is 0.144 e. The minimum atomic E-state index is -0.296. The highest BCUT2D eigenvalue weighted by Crippen LogP contribution is 2.15. The third kappa shape index (κ3) is 2.16. The average Bonchev–Trinajstić information content (AvgIpc) is 2.19. The van der Waals surface area contributed by atoms with Gasteiger partial charge in [-0.25, -0.2) is 4.39 Å². The van der Waals surface area contributed by atoms with Crippen LogP contribution in [-0.4, -0.2) is 4.98 Å². The molecule has 0 spiro atoms. The summed E-state index contributed by atoms with van der Waals surface area (Å²) in [5, 5.41) is 0. The summed E-state index contributed by atoms with van der Waals surface area (Å²) in [5.41, 5.74) is 2.12. The Hall–Kier alpha value is -1.70. The third-order valence-electron chi connectivity index (χ3n) is 1.86. The second-order valence-corrected chi connectivity index (χ2v) is 2.88. The van der Waals surface area contributed by atoms with E-state index >= 15 is 0 Å². The third-order valence-corrected chi connectivity index (χ3v) is 1.86. The Labute approximate surface area is 83.3 Å². The predicted molar refractivity (Wildman–Crippen MR) is 57.3 cm³/mol. The van der Waals surface area contributed by atoms with Crippen molar-refractivity contribution in [2.24, 2.45) is 0 Å². The Bertz CT molecular complexity index is 391. The normalized spacial score (nSPS) is 11.1. The summed E-state index contributed by atoms with van der Waals surface area (Å²) in [7, 11) is 0.